The number of nitrogens with zero attached hydrogens (tertiary/aromatic N) is 2. The molecule has 26 heavy (non-hydrogen) atoms. The van der Waals surface area contributed by atoms with Crippen LogP contribution in [0.1, 0.15) is 23.6 Å². The van der Waals surface area contributed by atoms with Crippen molar-refractivity contribution in [1.82, 2.24) is 9.55 Å². The topological polar surface area (TPSA) is 76.4 Å². The van der Waals surface area contributed by atoms with Crippen molar-refractivity contribution < 1.29 is 14.6 Å². The number of methoxy groups -OCH3 is 1. The van der Waals surface area contributed by atoms with Crippen molar-refractivity contribution in [2.45, 2.75) is 12.3 Å². The van der Waals surface area contributed by atoms with Gasteiger partial charge in [-0.3, -0.25) is 9.36 Å². The van der Waals surface area contributed by atoms with Crippen LogP contribution < -0.4 is 10.1 Å². The summed E-state index contributed by atoms with van der Waals surface area (Å²) in [4.78, 5) is 16.9. The van der Waals surface area contributed by atoms with Crippen LogP contribution in [-0.4, -0.2) is 27.7 Å². The summed E-state index contributed by atoms with van der Waals surface area (Å²) >= 11 is 3.47. The van der Waals surface area contributed by atoms with Gasteiger partial charge in [-0.1, -0.05) is 28.1 Å². The predicted octanol–water partition coefficient (Wildman–Crippen LogP) is 3.82. The van der Waals surface area contributed by atoms with Crippen LogP contribution in [0.25, 0.3) is 5.69 Å². The van der Waals surface area contributed by atoms with Crippen molar-refractivity contribution in [2.24, 2.45) is 0 Å². The van der Waals surface area contributed by atoms with Gasteiger partial charge in [0, 0.05) is 22.5 Å². The standard InChI is InChI=1S/C19H16BrN3O3/c1-26-16-6-5-11(7-15(16)24)14-9-17(25)22-19-18(14)21-10-23(19)13-4-2-3-12(20)8-13/h2-8,10,14,24H,9H2,1H3,(H,22,25)/t14-/m1/s1. The molecule has 1 aliphatic rings. The van der Waals surface area contributed by atoms with Crippen molar-refractivity contribution in [3.63, 3.8) is 0 Å². The fourth-order valence-electron chi connectivity index (χ4n) is 3.23. The lowest BCUT2D eigenvalue weighted by Crippen LogP contribution is -2.24. The summed E-state index contributed by atoms with van der Waals surface area (Å²) in [7, 11) is 1.50. The Bertz CT molecular complexity index is 999. The molecule has 1 amide bonds. The third-order valence-electron chi connectivity index (χ3n) is 4.46. The maximum absolute atomic E-state index is 12.3. The van der Waals surface area contributed by atoms with E-state index < -0.39 is 0 Å². The number of phenols is 1. The Morgan fingerprint density at radius 1 is 1.31 bits per heavy atom. The van der Waals surface area contributed by atoms with Crippen molar-refractivity contribution >= 4 is 27.7 Å². The maximum atomic E-state index is 12.3. The minimum absolute atomic E-state index is 0.0453. The normalized spacial score (nSPS) is 16.1. The molecule has 1 atom stereocenters. The van der Waals surface area contributed by atoms with Crippen molar-refractivity contribution in [3.8, 4) is 17.2 Å². The van der Waals surface area contributed by atoms with Crippen LogP contribution in [0.2, 0.25) is 0 Å². The summed E-state index contributed by atoms with van der Waals surface area (Å²) in [5.74, 6) is 0.774. The summed E-state index contributed by atoms with van der Waals surface area (Å²) in [5, 5.41) is 13.0. The molecular formula is C19H16BrN3O3. The van der Waals surface area contributed by atoms with Gasteiger partial charge in [-0.25, -0.2) is 4.98 Å². The Morgan fingerprint density at radius 3 is 2.88 bits per heavy atom. The highest BCUT2D eigenvalue weighted by atomic mass is 79.9. The predicted molar refractivity (Wildman–Crippen MR) is 101 cm³/mol. The van der Waals surface area contributed by atoms with Gasteiger partial charge in [-0.2, -0.15) is 0 Å². The van der Waals surface area contributed by atoms with E-state index in [1.807, 2.05) is 34.9 Å². The molecule has 2 N–H and O–H groups in total. The Labute approximate surface area is 158 Å². The number of hydrogen-bond acceptors (Lipinski definition) is 4. The second-order valence-corrected chi connectivity index (χ2v) is 6.98. The SMILES string of the molecule is COc1ccc([C@H]2CC(=O)Nc3c2ncn3-c2cccc(Br)c2)cc1O. The van der Waals surface area contributed by atoms with Crippen LogP contribution >= 0.6 is 15.9 Å². The quantitative estimate of drug-likeness (QED) is 0.683. The fraction of sp³-hybridized carbons (Fsp3) is 0.158. The van der Waals surface area contributed by atoms with Gasteiger partial charge < -0.3 is 15.2 Å². The number of phenolic OH excluding ortho intramolecular Hbond substituents is 1. The van der Waals surface area contributed by atoms with Gasteiger partial charge in [0.15, 0.2) is 11.5 Å². The number of imidazole rings is 1. The largest absolute Gasteiger partial charge is 0.504 e. The van der Waals surface area contributed by atoms with Gasteiger partial charge in [-0.05, 0) is 35.9 Å². The molecule has 0 fully saturated rings. The first-order chi connectivity index (χ1) is 12.6. The monoisotopic (exact) mass is 413 g/mol. The number of halogens is 1. The number of aromatic nitrogens is 2. The molecule has 132 valence electrons. The molecule has 0 saturated carbocycles. The third kappa shape index (κ3) is 2.84. The number of benzene rings is 2. The molecule has 3 aromatic rings. The zero-order chi connectivity index (χ0) is 18.3. The van der Waals surface area contributed by atoms with E-state index in [1.165, 1.54) is 7.11 Å². The van der Waals surface area contributed by atoms with Crippen LogP contribution in [0.4, 0.5) is 5.82 Å². The molecule has 0 saturated heterocycles. The Balaban J connectivity index is 1.80. The Kier molecular flexibility index (Phi) is 4.16. The van der Waals surface area contributed by atoms with Crippen LogP contribution in [-0.2, 0) is 4.79 Å². The summed E-state index contributed by atoms with van der Waals surface area (Å²) in [6.07, 6.45) is 1.97. The first-order valence-corrected chi connectivity index (χ1v) is 8.86. The van der Waals surface area contributed by atoms with Gasteiger partial charge in [-0.15, -0.1) is 0 Å². The highest BCUT2D eigenvalue weighted by molar-refractivity contribution is 9.10. The van der Waals surface area contributed by atoms with Crippen LogP contribution in [0.5, 0.6) is 11.5 Å². The van der Waals surface area contributed by atoms with Gasteiger partial charge in [0.05, 0.1) is 12.8 Å². The van der Waals surface area contributed by atoms with Crippen molar-refractivity contribution in [3.05, 3.63) is 64.5 Å². The molecule has 1 aliphatic heterocycles. The number of amides is 1. The first kappa shape index (κ1) is 16.7. The number of rotatable bonds is 3. The van der Waals surface area contributed by atoms with E-state index in [9.17, 15) is 9.90 Å². The molecule has 6 nitrogen and oxygen atoms in total. The Morgan fingerprint density at radius 2 is 2.15 bits per heavy atom. The van der Waals surface area contributed by atoms with Crippen molar-refractivity contribution in [1.29, 1.82) is 0 Å². The molecule has 4 rings (SSSR count). The molecule has 2 aromatic carbocycles. The Hall–Kier alpha value is -2.80. The lowest BCUT2D eigenvalue weighted by molar-refractivity contribution is -0.116. The molecule has 0 spiro atoms. The molecule has 0 bridgehead atoms. The van der Waals surface area contributed by atoms with Crippen molar-refractivity contribution in [2.75, 3.05) is 12.4 Å². The van der Waals surface area contributed by atoms with E-state index in [0.29, 0.717) is 11.6 Å². The van der Waals surface area contributed by atoms with E-state index >= 15 is 0 Å². The van der Waals surface area contributed by atoms with Gasteiger partial charge >= 0.3 is 0 Å². The number of anilines is 1. The smallest absolute Gasteiger partial charge is 0.226 e. The lowest BCUT2D eigenvalue weighted by Gasteiger charge is -2.23. The molecule has 0 unspecified atom stereocenters. The second kappa shape index (κ2) is 6.49. The highest BCUT2D eigenvalue weighted by Crippen LogP contribution is 2.39. The van der Waals surface area contributed by atoms with Crippen LogP contribution in [0, 0.1) is 0 Å². The first-order valence-electron chi connectivity index (χ1n) is 8.06. The second-order valence-electron chi connectivity index (χ2n) is 6.06. The van der Waals surface area contributed by atoms with Gasteiger partial charge in [0.1, 0.15) is 12.1 Å². The van der Waals surface area contributed by atoms with Crippen LogP contribution in [0.3, 0.4) is 0 Å². The number of ether oxygens (including phenoxy) is 1. The number of carbonyl (C=O) groups excluding carboxylic acids is 1. The maximum Gasteiger partial charge on any atom is 0.226 e. The van der Waals surface area contributed by atoms with Gasteiger partial charge in [0.2, 0.25) is 5.91 Å². The minimum Gasteiger partial charge on any atom is -0.504 e. The van der Waals surface area contributed by atoms with E-state index in [2.05, 4.69) is 26.2 Å². The van der Waals surface area contributed by atoms with Gasteiger partial charge in [0.25, 0.3) is 0 Å². The number of carbonyl (C=O) groups is 1. The van der Waals surface area contributed by atoms with E-state index in [4.69, 9.17) is 4.74 Å². The number of nitrogens with one attached hydrogen (secondary N) is 1. The zero-order valence-electron chi connectivity index (χ0n) is 13.9. The molecule has 2 heterocycles. The number of aromatic hydroxyl groups is 1. The third-order valence-corrected chi connectivity index (χ3v) is 4.96. The van der Waals surface area contributed by atoms with Crippen LogP contribution in [0.15, 0.2) is 53.3 Å². The number of fused-ring (bicyclic) bond motifs is 1. The average molecular weight is 414 g/mol. The van der Waals surface area contributed by atoms with E-state index in [-0.39, 0.29) is 24.0 Å². The summed E-state index contributed by atoms with van der Waals surface area (Å²) in [6.45, 7) is 0. The summed E-state index contributed by atoms with van der Waals surface area (Å²) in [5.41, 5.74) is 2.49. The van der Waals surface area contributed by atoms with E-state index in [0.717, 1.165) is 21.4 Å². The number of hydrogen-bond donors (Lipinski definition) is 2. The molecule has 0 radical (unpaired) electrons. The average Bonchev–Trinajstić information content (AvgIpc) is 3.04. The molecule has 0 aliphatic carbocycles. The zero-order valence-corrected chi connectivity index (χ0v) is 15.5. The molecule has 1 aromatic heterocycles. The molecular weight excluding hydrogens is 398 g/mol. The molecule has 7 heteroatoms. The van der Waals surface area contributed by atoms with E-state index in [1.54, 1.807) is 18.5 Å². The lowest BCUT2D eigenvalue weighted by atomic mass is 9.89. The summed E-state index contributed by atoms with van der Waals surface area (Å²) < 4.78 is 7.89. The fourth-order valence-corrected chi connectivity index (χ4v) is 3.62. The minimum atomic E-state index is -0.232. The highest BCUT2D eigenvalue weighted by Gasteiger charge is 2.31. The summed E-state index contributed by atoms with van der Waals surface area (Å²) in [6, 6.07) is 12.9.